The number of rotatable bonds is 3. The van der Waals surface area contributed by atoms with Gasteiger partial charge in [0.25, 0.3) is 5.91 Å². The molecule has 3 rings (SSSR count). The zero-order valence-corrected chi connectivity index (χ0v) is 13.2. The fourth-order valence-electron chi connectivity index (χ4n) is 2.74. The van der Waals surface area contributed by atoms with Crippen LogP contribution < -0.4 is 5.73 Å². The molecule has 0 saturated heterocycles. The first-order valence-corrected chi connectivity index (χ1v) is 8.19. The van der Waals surface area contributed by atoms with Crippen LogP contribution in [0.2, 0.25) is 0 Å². The van der Waals surface area contributed by atoms with Gasteiger partial charge < -0.3 is 10.8 Å². The number of carbonyl (C=O) groups excluding carboxylic acids is 1. The van der Waals surface area contributed by atoms with Crippen LogP contribution in [0.15, 0.2) is 29.2 Å². The number of allylic oxidation sites excluding steroid dienone is 2. The second kappa shape index (κ2) is 6.23. The summed E-state index contributed by atoms with van der Waals surface area (Å²) >= 11 is 1.41. The number of hydrogen-bond donors (Lipinski definition) is 2. The van der Waals surface area contributed by atoms with Crippen molar-refractivity contribution in [3.05, 3.63) is 39.7 Å². The quantitative estimate of drug-likeness (QED) is 0.844. The number of carbonyl (C=O) groups is 1. The molecule has 0 atom stereocenters. The minimum absolute atomic E-state index is 0.0618. The van der Waals surface area contributed by atoms with E-state index in [2.05, 4.69) is 11.1 Å². The standard InChI is InChI=1S/C17H15N3O2S/c18-8-13(10-3-1-2-4-10)17-20-14(9-23-17)11-5-6-15(21)12(7-11)16(19)22/h5-7,9,21H,1-4H2,(H2,19,22). The highest BCUT2D eigenvalue weighted by molar-refractivity contribution is 7.11. The molecule has 0 radical (unpaired) electrons. The van der Waals surface area contributed by atoms with Crippen LogP contribution in [0, 0.1) is 11.3 Å². The molecule has 23 heavy (non-hydrogen) atoms. The van der Waals surface area contributed by atoms with Gasteiger partial charge in [-0.05, 0) is 49.5 Å². The van der Waals surface area contributed by atoms with E-state index in [-0.39, 0.29) is 11.3 Å². The lowest BCUT2D eigenvalue weighted by Crippen LogP contribution is -2.11. The highest BCUT2D eigenvalue weighted by Crippen LogP contribution is 2.34. The van der Waals surface area contributed by atoms with Gasteiger partial charge in [-0.25, -0.2) is 4.98 Å². The third-order valence-electron chi connectivity index (χ3n) is 3.95. The van der Waals surface area contributed by atoms with E-state index in [0.717, 1.165) is 25.7 Å². The van der Waals surface area contributed by atoms with Gasteiger partial charge in [0, 0.05) is 10.9 Å². The van der Waals surface area contributed by atoms with E-state index in [4.69, 9.17) is 5.73 Å². The summed E-state index contributed by atoms with van der Waals surface area (Å²) in [5.74, 6) is -0.840. The molecule has 116 valence electrons. The van der Waals surface area contributed by atoms with Crippen LogP contribution in [0.4, 0.5) is 0 Å². The Bertz CT molecular complexity index is 838. The maximum absolute atomic E-state index is 11.3. The average Bonchev–Trinajstić information content (AvgIpc) is 3.20. The molecule has 1 aliphatic rings. The summed E-state index contributed by atoms with van der Waals surface area (Å²) in [6, 6.07) is 6.90. The van der Waals surface area contributed by atoms with Crippen LogP contribution in [0.3, 0.4) is 0 Å². The highest BCUT2D eigenvalue weighted by atomic mass is 32.1. The average molecular weight is 325 g/mol. The summed E-state index contributed by atoms with van der Waals surface area (Å²) in [6.45, 7) is 0. The number of amides is 1. The Morgan fingerprint density at radius 2 is 2.09 bits per heavy atom. The number of aromatic hydroxyl groups is 1. The smallest absolute Gasteiger partial charge is 0.252 e. The van der Waals surface area contributed by atoms with E-state index in [1.807, 2.05) is 5.38 Å². The topological polar surface area (TPSA) is 100 Å². The number of nitrogens with zero attached hydrogens (tertiary/aromatic N) is 2. The van der Waals surface area contributed by atoms with Crippen LogP contribution in [-0.4, -0.2) is 16.0 Å². The van der Waals surface area contributed by atoms with Crippen molar-refractivity contribution in [3.63, 3.8) is 0 Å². The molecule has 1 aromatic carbocycles. The van der Waals surface area contributed by atoms with Crippen molar-refractivity contribution in [1.82, 2.24) is 4.98 Å². The maximum Gasteiger partial charge on any atom is 0.252 e. The number of aromatic nitrogens is 1. The number of phenols is 1. The fraction of sp³-hybridized carbons (Fsp3) is 0.235. The van der Waals surface area contributed by atoms with Gasteiger partial charge in [0.2, 0.25) is 0 Å². The van der Waals surface area contributed by atoms with E-state index in [1.165, 1.54) is 29.0 Å². The van der Waals surface area contributed by atoms with Gasteiger partial charge in [-0.2, -0.15) is 5.26 Å². The monoisotopic (exact) mass is 325 g/mol. The largest absolute Gasteiger partial charge is 0.507 e. The predicted molar refractivity (Wildman–Crippen MR) is 88.7 cm³/mol. The van der Waals surface area contributed by atoms with Crippen LogP contribution >= 0.6 is 11.3 Å². The van der Waals surface area contributed by atoms with E-state index in [9.17, 15) is 15.2 Å². The first-order valence-electron chi connectivity index (χ1n) is 7.31. The molecule has 1 aliphatic carbocycles. The van der Waals surface area contributed by atoms with Gasteiger partial charge in [-0.3, -0.25) is 4.79 Å². The SMILES string of the molecule is N#CC(=C1CCCC1)c1nc(-c2ccc(O)c(C(N)=O)c2)cs1. The van der Waals surface area contributed by atoms with Crippen molar-refractivity contribution in [2.75, 3.05) is 0 Å². The first-order chi connectivity index (χ1) is 11.1. The van der Waals surface area contributed by atoms with E-state index in [0.29, 0.717) is 21.8 Å². The highest BCUT2D eigenvalue weighted by Gasteiger charge is 2.18. The van der Waals surface area contributed by atoms with Gasteiger partial charge in [0.05, 0.1) is 16.8 Å². The molecule has 1 saturated carbocycles. The third-order valence-corrected chi connectivity index (χ3v) is 4.81. The van der Waals surface area contributed by atoms with Gasteiger partial charge in [0.1, 0.15) is 16.8 Å². The van der Waals surface area contributed by atoms with Crippen molar-refractivity contribution in [3.8, 4) is 23.1 Å². The zero-order valence-electron chi connectivity index (χ0n) is 12.4. The summed E-state index contributed by atoms with van der Waals surface area (Å²) in [5, 5.41) is 21.6. The molecule has 1 fully saturated rings. The normalized spacial score (nSPS) is 13.8. The molecular formula is C17H15N3O2S. The molecule has 5 nitrogen and oxygen atoms in total. The summed E-state index contributed by atoms with van der Waals surface area (Å²) < 4.78 is 0. The lowest BCUT2D eigenvalue weighted by molar-refractivity contribution is 0.0998. The number of nitrogens with two attached hydrogens (primary N) is 1. The van der Waals surface area contributed by atoms with Crippen molar-refractivity contribution in [2.45, 2.75) is 25.7 Å². The van der Waals surface area contributed by atoms with E-state index < -0.39 is 5.91 Å². The molecule has 0 bridgehead atoms. The van der Waals surface area contributed by atoms with Gasteiger partial charge in [-0.1, -0.05) is 0 Å². The second-order valence-electron chi connectivity index (χ2n) is 5.43. The third kappa shape index (κ3) is 2.96. The second-order valence-corrected chi connectivity index (χ2v) is 6.29. The maximum atomic E-state index is 11.3. The fourth-order valence-corrected chi connectivity index (χ4v) is 3.61. The number of primary amides is 1. The van der Waals surface area contributed by atoms with Gasteiger partial charge in [-0.15, -0.1) is 11.3 Å². The van der Waals surface area contributed by atoms with E-state index >= 15 is 0 Å². The molecule has 1 amide bonds. The Morgan fingerprint density at radius 3 is 2.74 bits per heavy atom. The molecular weight excluding hydrogens is 310 g/mol. The number of thiazole rings is 1. The minimum Gasteiger partial charge on any atom is -0.507 e. The first kappa shape index (κ1) is 15.3. The molecule has 1 heterocycles. The number of hydrogen-bond acceptors (Lipinski definition) is 5. The van der Waals surface area contributed by atoms with E-state index in [1.54, 1.807) is 6.07 Å². The Labute approximate surface area is 137 Å². The Kier molecular flexibility index (Phi) is 4.13. The summed E-state index contributed by atoms with van der Waals surface area (Å²) in [5.41, 5.74) is 8.52. The van der Waals surface area contributed by atoms with Crippen LogP contribution in [0.1, 0.15) is 41.0 Å². The predicted octanol–water partition coefficient (Wildman–Crippen LogP) is 3.47. The van der Waals surface area contributed by atoms with Gasteiger partial charge in [0.15, 0.2) is 0 Å². The van der Waals surface area contributed by atoms with Crippen LogP contribution in [0.25, 0.3) is 16.8 Å². The molecule has 2 aromatic rings. The van der Waals surface area contributed by atoms with Crippen LogP contribution in [0.5, 0.6) is 5.75 Å². The Hall–Kier alpha value is -2.65. The zero-order chi connectivity index (χ0) is 16.4. The lowest BCUT2D eigenvalue weighted by Gasteiger charge is -2.03. The van der Waals surface area contributed by atoms with Crippen molar-refractivity contribution in [2.24, 2.45) is 5.73 Å². The summed E-state index contributed by atoms with van der Waals surface area (Å²) in [4.78, 5) is 15.9. The minimum atomic E-state index is -0.689. The molecule has 3 N–H and O–H groups in total. The van der Waals surface area contributed by atoms with Crippen molar-refractivity contribution >= 4 is 22.8 Å². The Morgan fingerprint density at radius 1 is 1.35 bits per heavy atom. The Balaban J connectivity index is 2.00. The van der Waals surface area contributed by atoms with Crippen molar-refractivity contribution < 1.29 is 9.90 Å². The lowest BCUT2D eigenvalue weighted by atomic mass is 10.1. The van der Waals surface area contributed by atoms with Crippen molar-refractivity contribution in [1.29, 1.82) is 5.26 Å². The molecule has 0 spiro atoms. The molecule has 1 aromatic heterocycles. The van der Waals surface area contributed by atoms with Crippen LogP contribution in [-0.2, 0) is 0 Å². The number of benzene rings is 1. The summed E-state index contributed by atoms with van der Waals surface area (Å²) in [7, 11) is 0. The van der Waals surface area contributed by atoms with Gasteiger partial charge >= 0.3 is 0 Å². The molecule has 6 heteroatoms. The molecule has 0 unspecified atom stereocenters. The summed E-state index contributed by atoms with van der Waals surface area (Å²) in [6.07, 6.45) is 4.17. The molecule has 0 aliphatic heterocycles. The number of nitriles is 1.